The molecule has 0 aromatic carbocycles. The number of hydrogen-bond donors (Lipinski definition) is 1. The van der Waals surface area contributed by atoms with Crippen LogP contribution in [0.4, 0.5) is 0 Å². The molecule has 0 radical (unpaired) electrons. The van der Waals surface area contributed by atoms with Crippen LogP contribution in [0.15, 0.2) is 0 Å². The fraction of sp³-hybridized carbons (Fsp3) is 0.833. The van der Waals surface area contributed by atoms with Crippen molar-refractivity contribution >= 4 is 5.97 Å². The van der Waals surface area contributed by atoms with E-state index in [-0.39, 0.29) is 6.61 Å². The number of ether oxygens (including phenoxy) is 2. The van der Waals surface area contributed by atoms with E-state index in [1.165, 1.54) is 0 Å². The molecule has 0 aromatic rings. The van der Waals surface area contributed by atoms with Gasteiger partial charge in [0, 0.05) is 0 Å². The lowest BCUT2D eigenvalue weighted by Gasteiger charge is -2.11. The SMILES string of the molecule is CC1OCCOC(=O)C1O. The van der Waals surface area contributed by atoms with Crippen LogP contribution in [-0.2, 0) is 14.3 Å². The molecule has 2 unspecified atom stereocenters. The summed E-state index contributed by atoms with van der Waals surface area (Å²) in [6.45, 7) is 2.24. The highest BCUT2D eigenvalue weighted by Crippen LogP contribution is 2.04. The van der Waals surface area contributed by atoms with Gasteiger partial charge in [0.25, 0.3) is 0 Å². The first-order valence-corrected chi connectivity index (χ1v) is 3.18. The predicted octanol–water partition coefficient (Wildman–Crippen LogP) is -0.691. The summed E-state index contributed by atoms with van der Waals surface area (Å²) in [5.74, 6) is -0.593. The molecule has 58 valence electrons. The molecule has 4 nitrogen and oxygen atoms in total. The lowest BCUT2D eigenvalue weighted by Crippen LogP contribution is -2.32. The van der Waals surface area contributed by atoms with Gasteiger partial charge >= 0.3 is 5.97 Å². The average Bonchev–Trinajstić information content (AvgIpc) is 2.04. The minimum absolute atomic E-state index is 0.236. The molecule has 1 rings (SSSR count). The second-order valence-electron chi connectivity index (χ2n) is 2.19. The highest BCUT2D eigenvalue weighted by Gasteiger charge is 2.26. The highest BCUT2D eigenvalue weighted by atomic mass is 16.6. The van der Waals surface area contributed by atoms with E-state index in [0.717, 1.165) is 0 Å². The summed E-state index contributed by atoms with van der Waals surface area (Å²) in [5.41, 5.74) is 0. The largest absolute Gasteiger partial charge is 0.461 e. The van der Waals surface area contributed by atoms with E-state index in [1.54, 1.807) is 6.92 Å². The van der Waals surface area contributed by atoms with Crippen LogP contribution in [0.2, 0.25) is 0 Å². The molecule has 1 fully saturated rings. The first-order valence-electron chi connectivity index (χ1n) is 3.18. The van der Waals surface area contributed by atoms with Crippen LogP contribution < -0.4 is 0 Å². The van der Waals surface area contributed by atoms with Crippen LogP contribution in [0.5, 0.6) is 0 Å². The van der Waals surface area contributed by atoms with Gasteiger partial charge < -0.3 is 14.6 Å². The van der Waals surface area contributed by atoms with E-state index < -0.39 is 18.2 Å². The smallest absolute Gasteiger partial charge is 0.337 e. The Balaban J connectivity index is 2.55. The summed E-state index contributed by atoms with van der Waals surface area (Å²) in [7, 11) is 0. The second kappa shape index (κ2) is 2.98. The van der Waals surface area contributed by atoms with Crippen molar-refractivity contribution in [3.8, 4) is 0 Å². The molecule has 0 amide bonds. The van der Waals surface area contributed by atoms with Crippen molar-refractivity contribution in [3.05, 3.63) is 0 Å². The first-order chi connectivity index (χ1) is 4.72. The zero-order chi connectivity index (χ0) is 7.56. The number of cyclic esters (lactones) is 1. The van der Waals surface area contributed by atoms with E-state index in [4.69, 9.17) is 9.84 Å². The summed E-state index contributed by atoms with van der Waals surface area (Å²) < 4.78 is 9.56. The molecule has 4 heteroatoms. The minimum Gasteiger partial charge on any atom is -0.461 e. The van der Waals surface area contributed by atoms with Gasteiger partial charge in [0.15, 0.2) is 6.10 Å². The molecule has 0 aliphatic carbocycles. The Morgan fingerprint density at radius 2 is 2.30 bits per heavy atom. The normalized spacial score (nSPS) is 34.8. The number of carbonyl (C=O) groups is 1. The molecule has 1 saturated heterocycles. The summed E-state index contributed by atoms with van der Waals surface area (Å²) >= 11 is 0. The van der Waals surface area contributed by atoms with E-state index in [9.17, 15) is 4.79 Å². The van der Waals surface area contributed by atoms with Crippen LogP contribution in [0.25, 0.3) is 0 Å². The number of hydrogen-bond acceptors (Lipinski definition) is 4. The predicted molar refractivity (Wildman–Crippen MR) is 32.4 cm³/mol. The van der Waals surface area contributed by atoms with Crippen molar-refractivity contribution in [2.24, 2.45) is 0 Å². The Bertz CT molecular complexity index is 134. The van der Waals surface area contributed by atoms with E-state index in [1.807, 2.05) is 0 Å². The quantitative estimate of drug-likeness (QED) is 0.459. The van der Waals surface area contributed by atoms with E-state index >= 15 is 0 Å². The highest BCUT2D eigenvalue weighted by molar-refractivity contribution is 5.75. The van der Waals surface area contributed by atoms with Crippen LogP contribution in [-0.4, -0.2) is 36.5 Å². The Morgan fingerprint density at radius 3 is 3.00 bits per heavy atom. The third-order valence-corrected chi connectivity index (χ3v) is 1.39. The van der Waals surface area contributed by atoms with Crippen LogP contribution in [0, 0.1) is 0 Å². The molecule has 0 spiro atoms. The average molecular weight is 146 g/mol. The minimum atomic E-state index is -1.12. The van der Waals surface area contributed by atoms with Crippen molar-refractivity contribution < 1.29 is 19.4 Å². The van der Waals surface area contributed by atoms with Crippen LogP contribution in [0.3, 0.4) is 0 Å². The van der Waals surface area contributed by atoms with Gasteiger partial charge in [-0.3, -0.25) is 0 Å². The van der Waals surface area contributed by atoms with Gasteiger partial charge in [-0.05, 0) is 6.92 Å². The Labute approximate surface area is 58.7 Å². The summed E-state index contributed by atoms with van der Waals surface area (Å²) in [6, 6.07) is 0. The molecule has 1 aliphatic heterocycles. The van der Waals surface area contributed by atoms with Gasteiger partial charge in [-0.15, -0.1) is 0 Å². The lowest BCUT2D eigenvalue weighted by molar-refractivity contribution is -0.153. The second-order valence-corrected chi connectivity index (χ2v) is 2.19. The molecule has 1 N–H and O–H groups in total. The standard InChI is InChI=1S/C6H10O4/c1-4-5(7)6(8)10-3-2-9-4/h4-5,7H,2-3H2,1H3. The molecule has 0 aromatic heterocycles. The first kappa shape index (κ1) is 7.50. The van der Waals surface area contributed by atoms with E-state index in [0.29, 0.717) is 6.61 Å². The molecular formula is C6H10O4. The van der Waals surface area contributed by atoms with Crippen molar-refractivity contribution in [3.63, 3.8) is 0 Å². The summed E-state index contributed by atoms with van der Waals surface area (Å²) in [4.78, 5) is 10.7. The van der Waals surface area contributed by atoms with Crippen molar-refractivity contribution in [2.45, 2.75) is 19.1 Å². The fourth-order valence-corrected chi connectivity index (χ4v) is 0.744. The third-order valence-electron chi connectivity index (χ3n) is 1.39. The van der Waals surface area contributed by atoms with Crippen LogP contribution in [0.1, 0.15) is 6.92 Å². The van der Waals surface area contributed by atoms with Crippen molar-refractivity contribution in [1.82, 2.24) is 0 Å². The van der Waals surface area contributed by atoms with Gasteiger partial charge in [0.05, 0.1) is 12.7 Å². The maximum Gasteiger partial charge on any atom is 0.337 e. The molecule has 0 bridgehead atoms. The lowest BCUT2D eigenvalue weighted by atomic mass is 10.2. The number of aliphatic hydroxyl groups is 1. The van der Waals surface area contributed by atoms with Gasteiger partial charge in [0.2, 0.25) is 0 Å². The van der Waals surface area contributed by atoms with Crippen molar-refractivity contribution in [2.75, 3.05) is 13.2 Å². The zero-order valence-electron chi connectivity index (χ0n) is 5.74. The van der Waals surface area contributed by atoms with Gasteiger partial charge in [-0.25, -0.2) is 4.79 Å². The van der Waals surface area contributed by atoms with Gasteiger partial charge in [-0.2, -0.15) is 0 Å². The molecule has 2 atom stereocenters. The van der Waals surface area contributed by atoms with Crippen LogP contribution >= 0.6 is 0 Å². The number of carbonyl (C=O) groups excluding carboxylic acids is 1. The monoisotopic (exact) mass is 146 g/mol. The Kier molecular flexibility index (Phi) is 2.24. The topological polar surface area (TPSA) is 55.8 Å². The molecule has 10 heavy (non-hydrogen) atoms. The van der Waals surface area contributed by atoms with Crippen molar-refractivity contribution in [1.29, 1.82) is 0 Å². The fourth-order valence-electron chi connectivity index (χ4n) is 0.744. The molecule has 0 saturated carbocycles. The van der Waals surface area contributed by atoms with Gasteiger partial charge in [-0.1, -0.05) is 0 Å². The number of esters is 1. The summed E-state index contributed by atoms with van der Waals surface area (Å²) in [5, 5.41) is 9.03. The van der Waals surface area contributed by atoms with E-state index in [2.05, 4.69) is 4.74 Å². The zero-order valence-corrected chi connectivity index (χ0v) is 5.74. The molecular weight excluding hydrogens is 136 g/mol. The Morgan fingerprint density at radius 1 is 1.60 bits per heavy atom. The third kappa shape index (κ3) is 1.46. The van der Waals surface area contributed by atoms with Gasteiger partial charge in [0.1, 0.15) is 6.61 Å². The Hall–Kier alpha value is -0.610. The molecule has 1 aliphatic rings. The number of aliphatic hydroxyl groups excluding tert-OH is 1. The number of rotatable bonds is 0. The molecule has 1 heterocycles. The summed E-state index contributed by atoms with van der Waals surface area (Å²) in [6.07, 6.45) is -1.57. The maximum atomic E-state index is 10.7. The maximum absolute atomic E-state index is 10.7.